The van der Waals surface area contributed by atoms with Crippen LogP contribution in [0.25, 0.3) is 0 Å². The van der Waals surface area contributed by atoms with E-state index in [2.05, 4.69) is 17.2 Å². The van der Waals surface area contributed by atoms with Crippen LogP contribution in [0.15, 0.2) is 36.5 Å². The number of hydrogen-bond donors (Lipinski definition) is 3. The van der Waals surface area contributed by atoms with Gasteiger partial charge in [-0.15, -0.1) is 0 Å². The number of nitrogens with one attached hydrogen (secondary N) is 2. The summed E-state index contributed by atoms with van der Waals surface area (Å²) < 4.78 is 0. The van der Waals surface area contributed by atoms with E-state index in [0.717, 1.165) is 5.57 Å². The molecule has 0 bridgehead atoms. The van der Waals surface area contributed by atoms with Gasteiger partial charge in [-0.25, -0.2) is 0 Å². The molecule has 1 amide bonds. The lowest BCUT2D eigenvalue weighted by Crippen LogP contribution is -2.43. The molecule has 1 unspecified atom stereocenters. The fourth-order valence-corrected chi connectivity index (χ4v) is 1.30. The van der Waals surface area contributed by atoms with Crippen molar-refractivity contribution in [2.24, 2.45) is 0 Å². The van der Waals surface area contributed by atoms with Gasteiger partial charge in [0.1, 0.15) is 0 Å². The third kappa shape index (κ3) is 6.71. The van der Waals surface area contributed by atoms with Crippen LogP contribution in [0.3, 0.4) is 0 Å². The Labute approximate surface area is 103 Å². The number of carbonyl (C=O) groups excluding carboxylic acids is 1. The van der Waals surface area contributed by atoms with Gasteiger partial charge in [0.2, 0.25) is 5.91 Å². The molecule has 1 atom stereocenters. The number of rotatable bonds is 8. The monoisotopic (exact) mass is 238 g/mol. The van der Waals surface area contributed by atoms with Gasteiger partial charge in [-0.05, 0) is 26.0 Å². The van der Waals surface area contributed by atoms with Crippen LogP contribution in [-0.4, -0.2) is 37.3 Å². The Morgan fingerprint density at radius 2 is 2.24 bits per heavy atom. The average molecular weight is 238 g/mol. The number of carbonyl (C=O) groups is 1. The summed E-state index contributed by atoms with van der Waals surface area (Å²) in [6.07, 6.45) is 8.07. The van der Waals surface area contributed by atoms with Gasteiger partial charge < -0.3 is 15.7 Å². The van der Waals surface area contributed by atoms with Crippen molar-refractivity contribution in [3.05, 3.63) is 36.5 Å². The fraction of sp³-hybridized carbons (Fsp3) is 0.462. The molecule has 0 heterocycles. The summed E-state index contributed by atoms with van der Waals surface area (Å²) in [4.78, 5) is 11.7. The van der Waals surface area contributed by atoms with Crippen molar-refractivity contribution in [2.75, 3.05) is 20.2 Å². The van der Waals surface area contributed by atoms with Crippen molar-refractivity contribution >= 4 is 5.91 Å². The molecule has 0 aromatic carbocycles. The minimum Gasteiger partial charge on any atom is -0.395 e. The van der Waals surface area contributed by atoms with Gasteiger partial charge in [0.15, 0.2) is 0 Å². The first-order valence-electron chi connectivity index (χ1n) is 5.69. The Morgan fingerprint density at radius 1 is 1.53 bits per heavy atom. The van der Waals surface area contributed by atoms with E-state index in [4.69, 9.17) is 5.11 Å². The number of aliphatic hydroxyl groups excluding tert-OH is 1. The Kier molecular flexibility index (Phi) is 9.01. The predicted octanol–water partition coefficient (Wildman–Crippen LogP) is 0.761. The summed E-state index contributed by atoms with van der Waals surface area (Å²) in [7, 11) is 1.74. The molecule has 0 spiro atoms. The molecule has 4 heteroatoms. The second-order valence-electron chi connectivity index (χ2n) is 3.53. The third-order valence-electron chi connectivity index (χ3n) is 2.28. The van der Waals surface area contributed by atoms with Crippen molar-refractivity contribution in [3.8, 4) is 0 Å². The summed E-state index contributed by atoms with van der Waals surface area (Å²) >= 11 is 0. The van der Waals surface area contributed by atoms with E-state index in [1.165, 1.54) is 0 Å². The SMILES string of the molecule is C=C/C(=C\C=C/C)CC(NC)C(=O)NCCO. The molecular formula is C13H22N2O2. The molecule has 96 valence electrons. The van der Waals surface area contributed by atoms with Crippen LogP contribution >= 0.6 is 0 Å². The number of hydrogen-bond acceptors (Lipinski definition) is 3. The highest BCUT2D eigenvalue weighted by Gasteiger charge is 2.16. The number of allylic oxidation sites excluding steroid dienone is 4. The number of aliphatic hydroxyl groups is 1. The van der Waals surface area contributed by atoms with Gasteiger partial charge in [0.05, 0.1) is 12.6 Å². The van der Waals surface area contributed by atoms with Crippen LogP contribution in [0.5, 0.6) is 0 Å². The first-order valence-corrected chi connectivity index (χ1v) is 5.69. The quantitative estimate of drug-likeness (QED) is 0.547. The zero-order valence-electron chi connectivity index (χ0n) is 10.6. The van der Waals surface area contributed by atoms with Crippen LogP contribution in [0.1, 0.15) is 13.3 Å². The summed E-state index contributed by atoms with van der Waals surface area (Å²) in [5, 5.41) is 14.2. The lowest BCUT2D eigenvalue weighted by atomic mass is 10.1. The second-order valence-corrected chi connectivity index (χ2v) is 3.53. The van der Waals surface area contributed by atoms with E-state index in [9.17, 15) is 4.79 Å². The molecule has 0 aliphatic heterocycles. The van der Waals surface area contributed by atoms with Gasteiger partial charge in [-0.1, -0.05) is 30.9 Å². The minimum absolute atomic E-state index is 0.0507. The highest BCUT2D eigenvalue weighted by atomic mass is 16.3. The molecular weight excluding hydrogens is 216 g/mol. The van der Waals surface area contributed by atoms with Gasteiger partial charge in [-0.3, -0.25) is 4.79 Å². The van der Waals surface area contributed by atoms with E-state index < -0.39 is 0 Å². The molecule has 0 radical (unpaired) electrons. The first-order chi connectivity index (χ1) is 8.19. The highest BCUT2D eigenvalue weighted by Crippen LogP contribution is 2.07. The van der Waals surface area contributed by atoms with Gasteiger partial charge >= 0.3 is 0 Å². The molecule has 3 N–H and O–H groups in total. The largest absolute Gasteiger partial charge is 0.395 e. The van der Waals surface area contributed by atoms with Crippen molar-refractivity contribution in [3.63, 3.8) is 0 Å². The van der Waals surface area contributed by atoms with Gasteiger partial charge in [0, 0.05) is 6.54 Å². The molecule has 0 saturated carbocycles. The molecule has 0 aromatic rings. The van der Waals surface area contributed by atoms with E-state index >= 15 is 0 Å². The molecule has 0 aliphatic carbocycles. The Morgan fingerprint density at radius 3 is 2.71 bits per heavy atom. The third-order valence-corrected chi connectivity index (χ3v) is 2.28. The highest BCUT2D eigenvalue weighted by molar-refractivity contribution is 5.82. The molecule has 0 rings (SSSR count). The van der Waals surface area contributed by atoms with Crippen LogP contribution in [0.2, 0.25) is 0 Å². The maximum atomic E-state index is 11.7. The summed E-state index contributed by atoms with van der Waals surface area (Å²) in [6, 6.07) is -0.309. The molecule has 4 nitrogen and oxygen atoms in total. The van der Waals surface area contributed by atoms with E-state index in [0.29, 0.717) is 6.42 Å². The average Bonchev–Trinajstić information content (AvgIpc) is 2.36. The van der Waals surface area contributed by atoms with Gasteiger partial charge in [-0.2, -0.15) is 0 Å². The van der Waals surface area contributed by atoms with Crippen molar-refractivity contribution in [2.45, 2.75) is 19.4 Å². The molecule has 17 heavy (non-hydrogen) atoms. The van der Waals surface area contributed by atoms with Crippen molar-refractivity contribution in [1.82, 2.24) is 10.6 Å². The van der Waals surface area contributed by atoms with Crippen LogP contribution in [0, 0.1) is 0 Å². The van der Waals surface area contributed by atoms with Crippen LogP contribution in [-0.2, 0) is 4.79 Å². The first kappa shape index (κ1) is 15.6. The van der Waals surface area contributed by atoms with E-state index in [1.54, 1.807) is 13.1 Å². The molecule has 0 aromatic heterocycles. The lowest BCUT2D eigenvalue weighted by molar-refractivity contribution is -0.123. The van der Waals surface area contributed by atoms with Crippen molar-refractivity contribution in [1.29, 1.82) is 0 Å². The number of likely N-dealkylation sites (N-methyl/N-ethyl adjacent to an activating group) is 1. The van der Waals surface area contributed by atoms with Gasteiger partial charge in [0.25, 0.3) is 0 Å². The van der Waals surface area contributed by atoms with Crippen LogP contribution < -0.4 is 10.6 Å². The van der Waals surface area contributed by atoms with E-state index in [1.807, 2.05) is 25.2 Å². The molecule has 0 fully saturated rings. The lowest BCUT2D eigenvalue weighted by Gasteiger charge is -2.16. The Balaban J connectivity index is 4.45. The summed E-state index contributed by atoms with van der Waals surface area (Å²) in [5.74, 6) is -0.116. The Bertz CT molecular complexity index is 296. The van der Waals surface area contributed by atoms with Crippen LogP contribution in [0.4, 0.5) is 0 Å². The van der Waals surface area contributed by atoms with E-state index in [-0.39, 0.29) is 25.1 Å². The topological polar surface area (TPSA) is 61.4 Å². The molecule has 0 aliphatic rings. The maximum Gasteiger partial charge on any atom is 0.237 e. The smallest absolute Gasteiger partial charge is 0.237 e. The summed E-state index contributed by atoms with van der Waals surface area (Å²) in [6.45, 7) is 5.88. The Hall–Kier alpha value is -1.39. The maximum absolute atomic E-state index is 11.7. The second kappa shape index (κ2) is 9.81. The fourth-order valence-electron chi connectivity index (χ4n) is 1.30. The summed E-state index contributed by atoms with van der Waals surface area (Å²) in [5.41, 5.74) is 0.988. The zero-order valence-corrected chi connectivity index (χ0v) is 10.6. The van der Waals surface area contributed by atoms with Crippen molar-refractivity contribution < 1.29 is 9.90 Å². The normalized spacial score (nSPS) is 13.7. The standard InChI is InChI=1S/C13H22N2O2/c1-4-6-7-11(5-2)10-12(14-3)13(17)15-8-9-16/h4-7,12,14,16H,2,8-10H2,1,3H3,(H,15,17)/b6-4-,11-7+. The zero-order chi connectivity index (χ0) is 13.1. The minimum atomic E-state index is -0.309. The predicted molar refractivity (Wildman–Crippen MR) is 70.7 cm³/mol. The number of amides is 1. The molecule has 0 saturated heterocycles.